The predicted octanol–water partition coefficient (Wildman–Crippen LogP) is 1.35. The van der Waals surface area contributed by atoms with Gasteiger partial charge in [0, 0.05) is 31.3 Å². The highest BCUT2D eigenvalue weighted by molar-refractivity contribution is 6.03. The maximum Gasteiger partial charge on any atom is 0.233 e. The van der Waals surface area contributed by atoms with Crippen molar-refractivity contribution in [3.63, 3.8) is 0 Å². The second-order valence-electron chi connectivity index (χ2n) is 6.15. The Morgan fingerprint density at radius 2 is 2.12 bits per heavy atom. The summed E-state index contributed by atoms with van der Waals surface area (Å²) in [5.74, 6) is -3.03. The maximum atomic E-state index is 13.7. The van der Waals surface area contributed by atoms with E-state index in [4.69, 9.17) is 0 Å². The van der Waals surface area contributed by atoms with E-state index < -0.39 is 35.5 Å². The second kappa shape index (κ2) is 6.72. The van der Waals surface area contributed by atoms with Crippen LogP contribution in [0.3, 0.4) is 0 Å². The molecule has 3 rings (SSSR count). The summed E-state index contributed by atoms with van der Waals surface area (Å²) in [4.78, 5) is 25.5. The number of hydrogen-bond donors (Lipinski definition) is 1. The number of aryl methyl sites for hydroxylation is 1. The molecule has 1 saturated heterocycles. The molecule has 6 nitrogen and oxygen atoms in total. The Hall–Kier alpha value is -2.61. The molecule has 2 amide bonds. The fourth-order valence-electron chi connectivity index (χ4n) is 3.01. The largest absolute Gasteiger partial charge is 0.386 e. The Bertz CT molecular complexity index is 821. The van der Waals surface area contributed by atoms with Gasteiger partial charge in [-0.05, 0) is 18.1 Å². The zero-order valence-electron chi connectivity index (χ0n) is 13.5. The number of amides is 2. The molecule has 1 aliphatic heterocycles. The van der Waals surface area contributed by atoms with Gasteiger partial charge in [-0.1, -0.05) is 6.07 Å². The third kappa shape index (κ3) is 3.58. The second-order valence-corrected chi connectivity index (χ2v) is 6.15. The molecule has 0 unspecified atom stereocenters. The van der Waals surface area contributed by atoms with Gasteiger partial charge in [0.1, 0.15) is 11.6 Å². The minimum atomic E-state index is -1.41. The number of likely N-dealkylation sites (tertiary alicyclic amines) is 1. The van der Waals surface area contributed by atoms with E-state index in [1.165, 1.54) is 0 Å². The molecule has 1 N–H and O–H groups in total. The number of aromatic nitrogens is 2. The molecule has 1 aromatic carbocycles. The number of β-amino-alcohol motifs (C(OH)–C–C–N with tert-alkyl or cyclic N) is 1. The van der Waals surface area contributed by atoms with Crippen molar-refractivity contribution in [3.8, 4) is 0 Å². The molecular formula is C17H17F2N3O3. The third-order valence-corrected chi connectivity index (χ3v) is 4.25. The van der Waals surface area contributed by atoms with Gasteiger partial charge in [-0.3, -0.25) is 19.2 Å². The standard InChI is InChI=1S/C17H17F2N3O3/c1-21-8-10(7-20-21)4-11-5-16(24)22(17(11)25)9-15(23)13-3-2-12(18)6-14(13)19/h2-3,6-8,11,15,23H,4-5,9H2,1H3/t11-,15-/m0/s1. The number of hydrogen-bond acceptors (Lipinski definition) is 4. The van der Waals surface area contributed by atoms with Crippen LogP contribution in [0.1, 0.15) is 23.7 Å². The predicted molar refractivity (Wildman–Crippen MR) is 83.1 cm³/mol. The van der Waals surface area contributed by atoms with E-state index in [9.17, 15) is 23.5 Å². The van der Waals surface area contributed by atoms with Crippen LogP contribution in [0.2, 0.25) is 0 Å². The molecule has 0 radical (unpaired) electrons. The molecule has 0 aliphatic carbocycles. The van der Waals surface area contributed by atoms with Crippen molar-refractivity contribution in [2.45, 2.75) is 18.9 Å². The quantitative estimate of drug-likeness (QED) is 0.827. The van der Waals surface area contributed by atoms with Crippen LogP contribution in [-0.4, -0.2) is 38.1 Å². The summed E-state index contributed by atoms with van der Waals surface area (Å²) in [6.45, 7) is -0.357. The molecule has 8 heteroatoms. The highest BCUT2D eigenvalue weighted by Gasteiger charge is 2.39. The van der Waals surface area contributed by atoms with Gasteiger partial charge in [0.15, 0.2) is 0 Å². The molecule has 1 fully saturated rings. The summed E-state index contributed by atoms with van der Waals surface area (Å²) in [5.41, 5.74) is 0.679. The van der Waals surface area contributed by atoms with E-state index >= 15 is 0 Å². The lowest BCUT2D eigenvalue weighted by atomic mass is 10.0. The third-order valence-electron chi connectivity index (χ3n) is 4.25. The van der Waals surface area contributed by atoms with Crippen molar-refractivity contribution >= 4 is 11.8 Å². The number of aliphatic hydroxyl groups excluding tert-OH is 1. The van der Waals surface area contributed by atoms with Gasteiger partial charge in [0.2, 0.25) is 11.8 Å². The molecule has 0 spiro atoms. The van der Waals surface area contributed by atoms with E-state index in [2.05, 4.69) is 5.10 Å². The summed E-state index contributed by atoms with van der Waals surface area (Å²) >= 11 is 0. The number of benzene rings is 1. The van der Waals surface area contributed by atoms with Crippen LogP contribution in [0.5, 0.6) is 0 Å². The molecule has 1 aliphatic rings. The Morgan fingerprint density at radius 1 is 1.36 bits per heavy atom. The number of carbonyl (C=O) groups is 2. The lowest BCUT2D eigenvalue weighted by molar-refractivity contribution is -0.141. The monoisotopic (exact) mass is 349 g/mol. The molecule has 0 saturated carbocycles. The number of imide groups is 1. The molecule has 2 atom stereocenters. The van der Waals surface area contributed by atoms with E-state index in [0.717, 1.165) is 22.6 Å². The lowest BCUT2D eigenvalue weighted by Gasteiger charge is -2.19. The average molecular weight is 349 g/mol. The summed E-state index contributed by atoms with van der Waals surface area (Å²) in [6, 6.07) is 2.77. The van der Waals surface area contributed by atoms with Crippen molar-refractivity contribution in [1.29, 1.82) is 0 Å². The van der Waals surface area contributed by atoms with E-state index in [1.54, 1.807) is 24.1 Å². The van der Waals surface area contributed by atoms with E-state index in [-0.39, 0.29) is 18.5 Å². The van der Waals surface area contributed by atoms with Crippen molar-refractivity contribution in [3.05, 3.63) is 53.4 Å². The highest BCUT2D eigenvalue weighted by atomic mass is 19.1. The lowest BCUT2D eigenvalue weighted by Crippen LogP contribution is -2.35. The molecule has 132 valence electrons. The zero-order chi connectivity index (χ0) is 18.1. The summed E-state index contributed by atoms with van der Waals surface area (Å²) in [7, 11) is 1.75. The van der Waals surface area contributed by atoms with E-state index in [0.29, 0.717) is 12.5 Å². The van der Waals surface area contributed by atoms with Crippen LogP contribution in [0.25, 0.3) is 0 Å². The first-order valence-corrected chi connectivity index (χ1v) is 7.80. The molecule has 1 aromatic heterocycles. The SMILES string of the molecule is Cn1cc(C[C@H]2CC(=O)N(C[C@H](O)c3ccc(F)cc3F)C2=O)cn1. The van der Waals surface area contributed by atoms with Gasteiger partial charge in [-0.25, -0.2) is 8.78 Å². The summed E-state index contributed by atoms with van der Waals surface area (Å²) < 4.78 is 28.3. The molecule has 25 heavy (non-hydrogen) atoms. The van der Waals surface area contributed by atoms with Gasteiger partial charge >= 0.3 is 0 Å². The van der Waals surface area contributed by atoms with Gasteiger partial charge < -0.3 is 5.11 Å². The Morgan fingerprint density at radius 3 is 2.76 bits per heavy atom. The van der Waals surface area contributed by atoms with Crippen molar-refractivity contribution in [2.24, 2.45) is 13.0 Å². The van der Waals surface area contributed by atoms with Gasteiger partial charge in [0.05, 0.1) is 24.8 Å². The van der Waals surface area contributed by atoms with Crippen LogP contribution in [0.4, 0.5) is 8.78 Å². The highest BCUT2D eigenvalue weighted by Crippen LogP contribution is 2.27. The summed E-state index contributed by atoms with van der Waals surface area (Å²) in [5, 5.41) is 14.2. The maximum absolute atomic E-state index is 13.7. The number of halogens is 2. The zero-order valence-corrected chi connectivity index (χ0v) is 13.5. The Labute approximate surface area is 142 Å². The van der Waals surface area contributed by atoms with E-state index in [1.807, 2.05) is 0 Å². The van der Waals surface area contributed by atoms with Crippen LogP contribution >= 0.6 is 0 Å². The van der Waals surface area contributed by atoms with Crippen molar-refractivity contribution in [2.75, 3.05) is 6.54 Å². The Balaban J connectivity index is 1.69. The normalized spacial score (nSPS) is 18.9. The fourth-order valence-corrected chi connectivity index (χ4v) is 3.01. The van der Waals surface area contributed by atoms with Crippen molar-refractivity contribution in [1.82, 2.24) is 14.7 Å². The minimum absolute atomic E-state index is 0.0341. The smallest absolute Gasteiger partial charge is 0.233 e. The number of carbonyl (C=O) groups excluding carboxylic acids is 2. The first-order valence-electron chi connectivity index (χ1n) is 7.80. The van der Waals surface area contributed by atoms with Gasteiger partial charge in [-0.15, -0.1) is 0 Å². The number of rotatable bonds is 5. The van der Waals surface area contributed by atoms with Crippen LogP contribution in [0, 0.1) is 17.6 Å². The van der Waals surface area contributed by atoms with Gasteiger partial charge in [-0.2, -0.15) is 5.10 Å². The topological polar surface area (TPSA) is 75.4 Å². The number of nitrogens with zero attached hydrogens (tertiary/aromatic N) is 3. The van der Waals surface area contributed by atoms with Crippen molar-refractivity contribution < 1.29 is 23.5 Å². The molecule has 0 bridgehead atoms. The van der Waals surface area contributed by atoms with Crippen LogP contribution in [-0.2, 0) is 23.1 Å². The first-order chi connectivity index (χ1) is 11.8. The first kappa shape index (κ1) is 17.2. The Kier molecular flexibility index (Phi) is 4.63. The fraction of sp³-hybridized carbons (Fsp3) is 0.353. The number of aliphatic hydroxyl groups is 1. The molecule has 2 aromatic rings. The molecular weight excluding hydrogens is 332 g/mol. The molecule has 2 heterocycles. The average Bonchev–Trinajstić information content (AvgIpc) is 3.06. The van der Waals surface area contributed by atoms with Crippen LogP contribution < -0.4 is 0 Å². The van der Waals surface area contributed by atoms with Crippen LogP contribution in [0.15, 0.2) is 30.6 Å². The van der Waals surface area contributed by atoms with Gasteiger partial charge in [0.25, 0.3) is 0 Å². The minimum Gasteiger partial charge on any atom is -0.386 e. The summed E-state index contributed by atoms with van der Waals surface area (Å²) in [6.07, 6.45) is 2.39.